The van der Waals surface area contributed by atoms with Crippen molar-refractivity contribution in [1.82, 2.24) is 0 Å². The molecular formula is C19H15I. The van der Waals surface area contributed by atoms with Crippen molar-refractivity contribution in [2.75, 3.05) is 0 Å². The highest BCUT2D eigenvalue weighted by Crippen LogP contribution is 2.33. The lowest BCUT2D eigenvalue weighted by atomic mass is 9.93. The maximum atomic E-state index is 2.34. The largest absolute Gasteiger partial charge is 0.0622 e. The van der Waals surface area contributed by atoms with Gasteiger partial charge in [-0.2, -0.15) is 0 Å². The zero-order valence-electron chi connectivity index (χ0n) is 11.3. The van der Waals surface area contributed by atoms with Crippen molar-refractivity contribution in [3.05, 3.63) is 81.9 Å². The van der Waals surface area contributed by atoms with Crippen LogP contribution in [0.15, 0.2) is 72.8 Å². The smallest absolute Gasteiger partial charge is 0.0130 e. The fourth-order valence-corrected chi connectivity index (χ4v) is 2.76. The van der Waals surface area contributed by atoms with E-state index in [0.29, 0.717) is 0 Å². The molecule has 0 heterocycles. The third-order valence-corrected chi connectivity index (χ3v) is 4.13. The summed E-state index contributed by atoms with van der Waals surface area (Å²) in [5.74, 6) is 0. The lowest BCUT2D eigenvalue weighted by Gasteiger charge is -2.11. The van der Waals surface area contributed by atoms with Gasteiger partial charge in [0.25, 0.3) is 0 Å². The molecule has 0 N–H and O–H groups in total. The van der Waals surface area contributed by atoms with Crippen LogP contribution in [0.1, 0.15) is 5.56 Å². The van der Waals surface area contributed by atoms with E-state index in [2.05, 4.69) is 102 Å². The number of hydrogen-bond acceptors (Lipinski definition) is 0. The molecule has 0 amide bonds. The molecule has 98 valence electrons. The topological polar surface area (TPSA) is 0 Å². The molecule has 3 rings (SSSR count). The highest BCUT2D eigenvalue weighted by molar-refractivity contribution is 14.1. The Morgan fingerprint density at radius 1 is 0.650 bits per heavy atom. The first kappa shape index (κ1) is 13.4. The van der Waals surface area contributed by atoms with Crippen molar-refractivity contribution in [2.45, 2.75) is 6.92 Å². The summed E-state index contributed by atoms with van der Waals surface area (Å²) in [6.07, 6.45) is 0. The van der Waals surface area contributed by atoms with Gasteiger partial charge in [-0.05, 0) is 63.9 Å². The van der Waals surface area contributed by atoms with Crippen molar-refractivity contribution < 1.29 is 0 Å². The predicted molar refractivity (Wildman–Crippen MR) is 94.8 cm³/mol. The maximum Gasteiger partial charge on any atom is 0.0130 e. The van der Waals surface area contributed by atoms with E-state index in [0.717, 1.165) is 0 Å². The van der Waals surface area contributed by atoms with Gasteiger partial charge in [-0.1, -0.05) is 66.2 Å². The molecule has 0 saturated heterocycles. The van der Waals surface area contributed by atoms with Gasteiger partial charge in [0.2, 0.25) is 0 Å². The highest BCUT2D eigenvalue weighted by atomic mass is 127. The molecule has 0 aliphatic heterocycles. The second-order valence-corrected chi connectivity index (χ2v) is 6.17. The minimum atomic E-state index is 1.26. The molecule has 1 heteroatoms. The molecule has 0 fully saturated rings. The van der Waals surface area contributed by atoms with Gasteiger partial charge in [-0.3, -0.25) is 0 Å². The Bertz CT molecular complexity index is 713. The molecule has 0 aromatic heterocycles. The minimum absolute atomic E-state index is 1.26. The Balaban J connectivity index is 2.19. The molecule has 0 atom stereocenters. The van der Waals surface area contributed by atoms with E-state index in [1.54, 1.807) is 0 Å². The van der Waals surface area contributed by atoms with Crippen LogP contribution in [0.5, 0.6) is 0 Å². The van der Waals surface area contributed by atoms with Crippen LogP contribution in [-0.4, -0.2) is 0 Å². The summed E-state index contributed by atoms with van der Waals surface area (Å²) in [5.41, 5.74) is 6.41. The van der Waals surface area contributed by atoms with Crippen LogP contribution in [0.4, 0.5) is 0 Å². The van der Waals surface area contributed by atoms with Gasteiger partial charge in [0.1, 0.15) is 0 Å². The zero-order chi connectivity index (χ0) is 13.9. The summed E-state index contributed by atoms with van der Waals surface area (Å²) in [6.45, 7) is 2.14. The molecule has 0 bridgehead atoms. The van der Waals surface area contributed by atoms with E-state index in [4.69, 9.17) is 0 Å². The molecule has 0 aliphatic rings. The third kappa shape index (κ3) is 2.78. The number of rotatable bonds is 2. The maximum absolute atomic E-state index is 2.34. The molecule has 3 aromatic rings. The van der Waals surface area contributed by atoms with Gasteiger partial charge in [0.05, 0.1) is 0 Å². The Morgan fingerprint density at radius 3 is 2.00 bits per heavy atom. The first-order valence-corrected chi connectivity index (χ1v) is 7.74. The third-order valence-electron chi connectivity index (χ3n) is 3.42. The SMILES string of the molecule is Cc1ccc(-c2ccc(I)cc2)c(-c2ccccc2)c1. The summed E-state index contributed by atoms with van der Waals surface area (Å²) in [5, 5.41) is 0. The van der Waals surface area contributed by atoms with Gasteiger partial charge < -0.3 is 0 Å². The predicted octanol–water partition coefficient (Wildman–Crippen LogP) is 5.93. The average Bonchev–Trinajstić information content (AvgIpc) is 2.49. The molecule has 0 nitrogen and oxygen atoms in total. The van der Waals surface area contributed by atoms with Crippen LogP contribution in [0.3, 0.4) is 0 Å². The monoisotopic (exact) mass is 370 g/mol. The van der Waals surface area contributed by atoms with E-state index in [-0.39, 0.29) is 0 Å². The van der Waals surface area contributed by atoms with Gasteiger partial charge in [0, 0.05) is 3.57 Å². The fraction of sp³-hybridized carbons (Fsp3) is 0.0526. The summed E-state index contributed by atoms with van der Waals surface area (Å²) in [4.78, 5) is 0. The second-order valence-electron chi connectivity index (χ2n) is 4.92. The number of benzene rings is 3. The number of hydrogen-bond donors (Lipinski definition) is 0. The van der Waals surface area contributed by atoms with Crippen LogP contribution in [-0.2, 0) is 0 Å². The van der Waals surface area contributed by atoms with Gasteiger partial charge in [-0.15, -0.1) is 0 Å². The van der Waals surface area contributed by atoms with Crippen LogP contribution in [0.2, 0.25) is 0 Å². The summed E-state index contributed by atoms with van der Waals surface area (Å²) >= 11 is 2.34. The molecule has 0 aliphatic carbocycles. The molecule has 0 spiro atoms. The number of halogens is 1. The van der Waals surface area contributed by atoms with Crippen molar-refractivity contribution in [3.63, 3.8) is 0 Å². The van der Waals surface area contributed by atoms with Crippen LogP contribution < -0.4 is 0 Å². The van der Waals surface area contributed by atoms with Crippen LogP contribution >= 0.6 is 22.6 Å². The Hall–Kier alpha value is -1.61. The summed E-state index contributed by atoms with van der Waals surface area (Å²) < 4.78 is 1.26. The Kier molecular flexibility index (Phi) is 3.88. The first-order chi connectivity index (χ1) is 9.74. The van der Waals surface area contributed by atoms with Crippen molar-refractivity contribution in [2.24, 2.45) is 0 Å². The molecular weight excluding hydrogens is 355 g/mol. The molecule has 20 heavy (non-hydrogen) atoms. The quantitative estimate of drug-likeness (QED) is 0.490. The van der Waals surface area contributed by atoms with E-state index in [9.17, 15) is 0 Å². The van der Waals surface area contributed by atoms with Gasteiger partial charge in [-0.25, -0.2) is 0 Å². The molecule has 3 aromatic carbocycles. The molecule has 0 unspecified atom stereocenters. The standard InChI is InChI=1S/C19H15I/c1-14-7-12-18(16-8-10-17(20)11-9-16)19(13-14)15-5-3-2-4-6-15/h2-13H,1H3. The van der Waals surface area contributed by atoms with Crippen molar-refractivity contribution in [1.29, 1.82) is 0 Å². The highest BCUT2D eigenvalue weighted by Gasteiger charge is 2.07. The van der Waals surface area contributed by atoms with Gasteiger partial charge in [0.15, 0.2) is 0 Å². The lowest BCUT2D eigenvalue weighted by Crippen LogP contribution is -1.87. The Labute approximate surface area is 133 Å². The van der Waals surface area contributed by atoms with E-state index in [1.165, 1.54) is 31.4 Å². The zero-order valence-corrected chi connectivity index (χ0v) is 13.5. The Morgan fingerprint density at radius 2 is 1.30 bits per heavy atom. The van der Waals surface area contributed by atoms with E-state index in [1.807, 2.05) is 0 Å². The van der Waals surface area contributed by atoms with Crippen molar-refractivity contribution in [3.8, 4) is 22.3 Å². The fourth-order valence-electron chi connectivity index (χ4n) is 2.40. The second kappa shape index (κ2) is 5.80. The molecule has 0 radical (unpaired) electrons. The molecule has 0 saturated carbocycles. The summed E-state index contributed by atoms with van der Waals surface area (Å²) in [6, 6.07) is 26.0. The van der Waals surface area contributed by atoms with Gasteiger partial charge >= 0.3 is 0 Å². The number of aryl methyl sites for hydroxylation is 1. The first-order valence-electron chi connectivity index (χ1n) is 6.66. The summed E-state index contributed by atoms with van der Waals surface area (Å²) in [7, 11) is 0. The normalized spacial score (nSPS) is 10.5. The van der Waals surface area contributed by atoms with E-state index >= 15 is 0 Å². The lowest BCUT2D eigenvalue weighted by molar-refractivity contribution is 1.46. The average molecular weight is 370 g/mol. The van der Waals surface area contributed by atoms with Crippen LogP contribution in [0, 0.1) is 10.5 Å². The van der Waals surface area contributed by atoms with Crippen molar-refractivity contribution >= 4 is 22.6 Å². The minimum Gasteiger partial charge on any atom is -0.0622 e. The van der Waals surface area contributed by atoms with E-state index < -0.39 is 0 Å². The van der Waals surface area contributed by atoms with Crippen LogP contribution in [0.25, 0.3) is 22.3 Å².